The summed E-state index contributed by atoms with van der Waals surface area (Å²) in [4.78, 5) is 11.6. The molecule has 0 aliphatic carbocycles. The summed E-state index contributed by atoms with van der Waals surface area (Å²) in [5.41, 5.74) is 1.37. The number of carbonyl (C=O) groups is 1. The van der Waals surface area contributed by atoms with Crippen LogP contribution in [0.5, 0.6) is 0 Å². The van der Waals surface area contributed by atoms with E-state index in [-0.39, 0.29) is 10.8 Å². The van der Waals surface area contributed by atoms with Crippen molar-refractivity contribution in [2.24, 2.45) is 0 Å². The molecule has 0 saturated heterocycles. The van der Waals surface area contributed by atoms with Crippen LogP contribution in [0.4, 0.5) is 0 Å². The van der Waals surface area contributed by atoms with Crippen LogP contribution < -0.4 is 0 Å². The van der Waals surface area contributed by atoms with Crippen LogP contribution in [-0.4, -0.2) is 13.1 Å². The van der Waals surface area contributed by atoms with E-state index in [4.69, 9.17) is 9.15 Å². The van der Waals surface area contributed by atoms with E-state index < -0.39 is 0 Å². The minimum absolute atomic E-state index is 0.0248. The zero-order chi connectivity index (χ0) is 11.6. The van der Waals surface area contributed by atoms with Crippen LogP contribution >= 0.6 is 31.9 Å². The van der Waals surface area contributed by atoms with E-state index in [1.165, 1.54) is 7.11 Å². The van der Waals surface area contributed by atoms with Gasteiger partial charge in [-0.25, -0.2) is 4.79 Å². The molecule has 0 aliphatic rings. The first-order valence-corrected chi connectivity index (χ1v) is 6.27. The fourth-order valence-electron chi connectivity index (χ4n) is 1.38. The minimum Gasteiger partial charge on any atom is -0.465 e. The van der Waals surface area contributed by atoms with Crippen molar-refractivity contribution in [3.63, 3.8) is 0 Å². The van der Waals surface area contributed by atoms with E-state index in [1.807, 2.05) is 13.8 Å². The van der Waals surface area contributed by atoms with E-state index in [0.29, 0.717) is 22.4 Å². The topological polar surface area (TPSA) is 39.4 Å². The van der Waals surface area contributed by atoms with Crippen LogP contribution in [0.3, 0.4) is 0 Å². The average molecular weight is 340 g/mol. The number of halogens is 2. The Morgan fingerprint density at radius 2 is 2.20 bits per heavy atom. The second-order valence-corrected chi connectivity index (χ2v) is 5.15. The monoisotopic (exact) mass is 338 g/mol. The van der Waals surface area contributed by atoms with Crippen LogP contribution in [0.1, 0.15) is 40.4 Å². The van der Waals surface area contributed by atoms with Crippen molar-refractivity contribution in [3.05, 3.63) is 21.6 Å². The summed E-state index contributed by atoms with van der Waals surface area (Å²) in [7, 11) is 1.37. The van der Waals surface area contributed by atoms with Crippen molar-refractivity contribution in [1.82, 2.24) is 0 Å². The van der Waals surface area contributed by atoms with Gasteiger partial charge in [-0.1, -0.05) is 22.9 Å². The lowest BCUT2D eigenvalue weighted by Gasteiger charge is -2.03. The molecule has 0 saturated carbocycles. The molecular weight excluding hydrogens is 328 g/mol. The summed E-state index contributed by atoms with van der Waals surface area (Å²) in [6, 6.07) is 0. The second kappa shape index (κ2) is 5.16. The first-order valence-electron chi connectivity index (χ1n) is 4.56. The summed E-state index contributed by atoms with van der Waals surface area (Å²) in [5.74, 6) is 0.244. The quantitative estimate of drug-likeness (QED) is 0.620. The van der Waals surface area contributed by atoms with Gasteiger partial charge >= 0.3 is 5.97 Å². The molecule has 0 fully saturated rings. The molecule has 15 heavy (non-hydrogen) atoms. The third-order valence-corrected chi connectivity index (χ3v) is 3.15. The Morgan fingerprint density at radius 3 is 2.60 bits per heavy atom. The standard InChI is InChI=1S/C10H12Br2O3/c1-4-6-7(10(13)14-3)8(5(2)11)15-9(6)12/h5H,4H2,1-3H3. The van der Waals surface area contributed by atoms with E-state index in [2.05, 4.69) is 31.9 Å². The molecule has 0 amide bonds. The van der Waals surface area contributed by atoms with Crippen molar-refractivity contribution in [3.8, 4) is 0 Å². The molecule has 1 heterocycles. The Labute approximate surface area is 105 Å². The number of rotatable bonds is 3. The van der Waals surface area contributed by atoms with Crippen LogP contribution in [-0.2, 0) is 11.2 Å². The number of esters is 1. The summed E-state index contributed by atoms with van der Waals surface area (Å²) < 4.78 is 10.8. The van der Waals surface area contributed by atoms with Crippen LogP contribution in [0.25, 0.3) is 0 Å². The maximum absolute atomic E-state index is 11.6. The van der Waals surface area contributed by atoms with Gasteiger partial charge in [-0.15, -0.1) is 0 Å². The lowest BCUT2D eigenvalue weighted by Crippen LogP contribution is -2.06. The van der Waals surface area contributed by atoms with Gasteiger partial charge in [0.1, 0.15) is 11.3 Å². The first-order chi connectivity index (χ1) is 7.02. The molecule has 5 heteroatoms. The van der Waals surface area contributed by atoms with Gasteiger partial charge in [0.2, 0.25) is 0 Å². The fraction of sp³-hybridized carbons (Fsp3) is 0.500. The predicted molar refractivity (Wildman–Crippen MR) is 64.5 cm³/mol. The Kier molecular flexibility index (Phi) is 4.40. The van der Waals surface area contributed by atoms with Crippen LogP contribution in [0.2, 0.25) is 0 Å². The molecule has 1 unspecified atom stereocenters. The zero-order valence-corrected chi connectivity index (χ0v) is 11.9. The fourth-order valence-corrected chi connectivity index (χ4v) is 2.35. The Balaban J connectivity index is 3.35. The molecule has 1 aromatic rings. The maximum atomic E-state index is 11.6. The van der Waals surface area contributed by atoms with Gasteiger partial charge in [0, 0.05) is 5.56 Å². The minimum atomic E-state index is -0.359. The highest BCUT2D eigenvalue weighted by molar-refractivity contribution is 9.10. The van der Waals surface area contributed by atoms with Gasteiger partial charge in [-0.2, -0.15) is 0 Å². The number of carbonyl (C=O) groups excluding carboxylic acids is 1. The normalized spacial score (nSPS) is 12.6. The molecular formula is C10H12Br2O3. The zero-order valence-electron chi connectivity index (χ0n) is 8.77. The smallest absolute Gasteiger partial charge is 0.341 e. The van der Waals surface area contributed by atoms with Gasteiger partial charge in [0.15, 0.2) is 4.67 Å². The number of hydrogen-bond acceptors (Lipinski definition) is 3. The van der Waals surface area contributed by atoms with Gasteiger partial charge in [-0.3, -0.25) is 0 Å². The maximum Gasteiger partial charge on any atom is 0.341 e. The van der Waals surface area contributed by atoms with Crippen LogP contribution in [0, 0.1) is 0 Å². The molecule has 3 nitrogen and oxygen atoms in total. The van der Waals surface area contributed by atoms with Gasteiger partial charge in [0.25, 0.3) is 0 Å². The Bertz CT molecular complexity index is 369. The lowest BCUT2D eigenvalue weighted by molar-refractivity contribution is 0.0597. The second-order valence-electron chi connectivity index (χ2n) is 3.05. The first kappa shape index (κ1) is 12.8. The molecule has 84 valence electrons. The molecule has 0 aromatic carbocycles. The molecule has 1 rings (SSSR count). The van der Waals surface area contributed by atoms with Crippen molar-refractivity contribution < 1.29 is 13.9 Å². The molecule has 0 N–H and O–H groups in total. The summed E-state index contributed by atoms with van der Waals surface area (Å²) in [5, 5.41) is 0. The summed E-state index contributed by atoms with van der Waals surface area (Å²) in [6.45, 7) is 3.86. The number of hydrogen-bond donors (Lipinski definition) is 0. The Morgan fingerprint density at radius 1 is 1.60 bits per heavy atom. The van der Waals surface area contributed by atoms with Crippen molar-refractivity contribution in [2.75, 3.05) is 7.11 Å². The molecule has 1 aromatic heterocycles. The molecule has 0 bridgehead atoms. The van der Waals surface area contributed by atoms with Gasteiger partial charge in [0.05, 0.1) is 11.9 Å². The van der Waals surface area contributed by atoms with Gasteiger partial charge < -0.3 is 9.15 Å². The SMILES string of the molecule is CCc1c(Br)oc(C(C)Br)c1C(=O)OC. The highest BCUT2D eigenvalue weighted by atomic mass is 79.9. The number of methoxy groups -OCH3 is 1. The number of alkyl halides is 1. The van der Waals surface area contributed by atoms with E-state index in [1.54, 1.807) is 0 Å². The average Bonchev–Trinajstić information content (AvgIpc) is 2.54. The van der Waals surface area contributed by atoms with Crippen molar-refractivity contribution in [1.29, 1.82) is 0 Å². The molecule has 0 radical (unpaired) electrons. The van der Waals surface area contributed by atoms with Crippen LogP contribution in [0.15, 0.2) is 9.09 Å². The van der Waals surface area contributed by atoms with Crippen molar-refractivity contribution in [2.45, 2.75) is 25.1 Å². The highest BCUT2D eigenvalue weighted by Crippen LogP contribution is 2.35. The number of furan rings is 1. The van der Waals surface area contributed by atoms with E-state index >= 15 is 0 Å². The third kappa shape index (κ3) is 2.45. The summed E-state index contributed by atoms with van der Waals surface area (Å²) in [6.07, 6.45) is 0.717. The molecule has 0 spiro atoms. The predicted octanol–water partition coefficient (Wildman–Crippen LogP) is 3.85. The summed E-state index contributed by atoms with van der Waals surface area (Å²) >= 11 is 6.68. The largest absolute Gasteiger partial charge is 0.465 e. The van der Waals surface area contributed by atoms with E-state index in [9.17, 15) is 4.79 Å². The number of ether oxygens (including phenoxy) is 1. The third-order valence-electron chi connectivity index (χ3n) is 2.09. The lowest BCUT2D eigenvalue weighted by atomic mass is 10.1. The van der Waals surface area contributed by atoms with Crippen molar-refractivity contribution >= 4 is 37.8 Å². The Hall–Kier alpha value is -0.290. The van der Waals surface area contributed by atoms with Gasteiger partial charge in [-0.05, 0) is 29.3 Å². The molecule has 1 atom stereocenters. The highest BCUT2D eigenvalue weighted by Gasteiger charge is 2.26. The molecule has 0 aliphatic heterocycles. The van der Waals surface area contributed by atoms with E-state index in [0.717, 1.165) is 5.56 Å².